The standard InChI is InChI=1S/C20H26F3N3O2/c1-14(2)12-26-7-9-28-19(13-26)18-11-16(24-25-18)6-8-27-17-5-3-4-15(10-17)20(21,22)23/h3-5,10-11,14,19H,6-9,12-13H2,1-2H3,(H,24,25). The van der Waals surface area contributed by atoms with Crippen LogP contribution in [0.4, 0.5) is 13.2 Å². The Bertz CT molecular complexity index is 761. The maximum Gasteiger partial charge on any atom is 0.416 e. The first-order valence-corrected chi connectivity index (χ1v) is 9.49. The Kier molecular flexibility index (Phi) is 6.61. The van der Waals surface area contributed by atoms with Crippen LogP contribution in [0.3, 0.4) is 0 Å². The summed E-state index contributed by atoms with van der Waals surface area (Å²) < 4.78 is 49.6. The number of aromatic nitrogens is 2. The Morgan fingerprint density at radius 2 is 2.14 bits per heavy atom. The highest BCUT2D eigenvalue weighted by Crippen LogP contribution is 2.31. The summed E-state index contributed by atoms with van der Waals surface area (Å²) in [6.07, 6.45) is -3.92. The van der Waals surface area contributed by atoms with E-state index in [1.54, 1.807) is 0 Å². The fourth-order valence-corrected chi connectivity index (χ4v) is 3.28. The van der Waals surface area contributed by atoms with Gasteiger partial charge in [0.05, 0.1) is 24.5 Å². The summed E-state index contributed by atoms with van der Waals surface area (Å²) in [4.78, 5) is 2.38. The highest BCUT2D eigenvalue weighted by atomic mass is 19.4. The predicted molar refractivity (Wildman–Crippen MR) is 99.2 cm³/mol. The quantitative estimate of drug-likeness (QED) is 0.765. The minimum absolute atomic E-state index is 0.0677. The van der Waals surface area contributed by atoms with Crippen molar-refractivity contribution in [2.75, 3.05) is 32.8 Å². The minimum atomic E-state index is -4.37. The molecule has 0 radical (unpaired) electrons. The van der Waals surface area contributed by atoms with Crippen molar-refractivity contribution in [3.63, 3.8) is 0 Å². The molecule has 0 amide bonds. The van der Waals surface area contributed by atoms with Crippen LogP contribution in [0.2, 0.25) is 0 Å². The lowest BCUT2D eigenvalue weighted by Crippen LogP contribution is -2.40. The van der Waals surface area contributed by atoms with Gasteiger partial charge in [-0.3, -0.25) is 10.00 Å². The number of hydrogen-bond acceptors (Lipinski definition) is 4. The molecule has 3 rings (SSSR count). The van der Waals surface area contributed by atoms with Crippen LogP contribution in [0.5, 0.6) is 5.75 Å². The summed E-state index contributed by atoms with van der Waals surface area (Å²) in [6, 6.07) is 6.85. The number of rotatable bonds is 7. The highest BCUT2D eigenvalue weighted by molar-refractivity contribution is 5.30. The number of hydrogen-bond donors (Lipinski definition) is 1. The van der Waals surface area contributed by atoms with Crippen LogP contribution in [0, 0.1) is 5.92 Å². The zero-order valence-corrected chi connectivity index (χ0v) is 16.1. The topological polar surface area (TPSA) is 50.4 Å². The number of nitrogens with one attached hydrogen (secondary N) is 1. The number of ether oxygens (including phenoxy) is 2. The molecule has 2 heterocycles. The van der Waals surface area contributed by atoms with E-state index in [1.807, 2.05) is 6.07 Å². The zero-order chi connectivity index (χ0) is 20.1. The van der Waals surface area contributed by atoms with Gasteiger partial charge in [-0.1, -0.05) is 19.9 Å². The van der Waals surface area contributed by atoms with E-state index in [1.165, 1.54) is 12.1 Å². The molecule has 1 aliphatic rings. The summed E-state index contributed by atoms with van der Waals surface area (Å²) in [6.45, 7) is 8.09. The van der Waals surface area contributed by atoms with Gasteiger partial charge in [-0.25, -0.2) is 0 Å². The zero-order valence-electron chi connectivity index (χ0n) is 16.1. The molecule has 0 bridgehead atoms. The number of benzene rings is 1. The SMILES string of the molecule is CC(C)CN1CCOC(c2cc(CCOc3cccc(C(F)(F)F)c3)[nH]n2)C1. The first-order chi connectivity index (χ1) is 13.3. The van der Waals surface area contributed by atoms with E-state index in [-0.39, 0.29) is 18.5 Å². The van der Waals surface area contributed by atoms with Gasteiger partial charge in [0.2, 0.25) is 0 Å². The molecule has 1 fully saturated rings. The largest absolute Gasteiger partial charge is 0.493 e. The average molecular weight is 397 g/mol. The molecule has 1 N–H and O–H groups in total. The molecule has 1 aromatic heterocycles. The fourth-order valence-electron chi connectivity index (χ4n) is 3.28. The Balaban J connectivity index is 1.51. The van der Waals surface area contributed by atoms with Gasteiger partial charge in [-0.15, -0.1) is 0 Å². The molecular weight excluding hydrogens is 371 g/mol. The normalized spacial score (nSPS) is 18.6. The fraction of sp³-hybridized carbons (Fsp3) is 0.550. The van der Waals surface area contributed by atoms with Gasteiger partial charge >= 0.3 is 6.18 Å². The number of halogens is 3. The van der Waals surface area contributed by atoms with Crippen molar-refractivity contribution < 1.29 is 22.6 Å². The van der Waals surface area contributed by atoms with Crippen molar-refractivity contribution in [3.05, 3.63) is 47.3 Å². The van der Waals surface area contributed by atoms with Crippen molar-refractivity contribution in [3.8, 4) is 5.75 Å². The van der Waals surface area contributed by atoms with Gasteiger partial charge in [-0.2, -0.15) is 18.3 Å². The van der Waals surface area contributed by atoms with Gasteiger partial charge in [0, 0.05) is 31.7 Å². The molecule has 2 aromatic rings. The average Bonchev–Trinajstić information content (AvgIpc) is 3.10. The molecule has 1 aliphatic heterocycles. The molecule has 154 valence electrons. The third kappa shape index (κ3) is 5.72. The second-order valence-corrected chi connectivity index (χ2v) is 7.45. The monoisotopic (exact) mass is 397 g/mol. The van der Waals surface area contributed by atoms with Crippen molar-refractivity contribution in [2.24, 2.45) is 5.92 Å². The highest BCUT2D eigenvalue weighted by Gasteiger charge is 2.30. The molecule has 1 saturated heterocycles. The van der Waals surface area contributed by atoms with E-state index < -0.39 is 11.7 Å². The van der Waals surface area contributed by atoms with Crippen LogP contribution in [0.1, 0.15) is 36.9 Å². The van der Waals surface area contributed by atoms with Crippen LogP contribution in [-0.2, 0) is 17.3 Å². The third-order valence-electron chi connectivity index (χ3n) is 4.56. The van der Waals surface area contributed by atoms with E-state index in [2.05, 4.69) is 28.9 Å². The molecule has 0 spiro atoms. The van der Waals surface area contributed by atoms with Crippen LogP contribution in [-0.4, -0.2) is 47.9 Å². The number of alkyl halides is 3. The van der Waals surface area contributed by atoms with E-state index in [0.717, 1.165) is 43.2 Å². The van der Waals surface area contributed by atoms with Crippen molar-refractivity contribution >= 4 is 0 Å². The third-order valence-corrected chi connectivity index (χ3v) is 4.56. The van der Waals surface area contributed by atoms with Crippen LogP contribution < -0.4 is 4.74 Å². The molecule has 0 aliphatic carbocycles. The van der Waals surface area contributed by atoms with Gasteiger partial charge in [-0.05, 0) is 30.2 Å². The molecule has 5 nitrogen and oxygen atoms in total. The number of aromatic amines is 1. The molecule has 1 unspecified atom stereocenters. The van der Waals surface area contributed by atoms with Crippen LogP contribution >= 0.6 is 0 Å². The van der Waals surface area contributed by atoms with Gasteiger partial charge in [0.15, 0.2) is 0 Å². The molecule has 0 saturated carbocycles. The molecule has 8 heteroatoms. The Labute approximate surface area is 162 Å². The van der Waals surface area contributed by atoms with E-state index in [4.69, 9.17) is 9.47 Å². The van der Waals surface area contributed by atoms with Crippen molar-refractivity contribution in [1.82, 2.24) is 15.1 Å². The van der Waals surface area contributed by atoms with Crippen LogP contribution in [0.25, 0.3) is 0 Å². The summed E-state index contributed by atoms with van der Waals surface area (Å²) in [5.74, 6) is 0.802. The molecular formula is C20H26F3N3O2. The first-order valence-electron chi connectivity index (χ1n) is 9.49. The second kappa shape index (κ2) is 8.96. The van der Waals surface area contributed by atoms with Crippen molar-refractivity contribution in [1.29, 1.82) is 0 Å². The number of H-pyrrole nitrogens is 1. The maximum absolute atomic E-state index is 12.7. The molecule has 1 aromatic carbocycles. The molecule has 1 atom stereocenters. The summed E-state index contributed by atoms with van der Waals surface area (Å²) >= 11 is 0. The smallest absolute Gasteiger partial charge is 0.416 e. The summed E-state index contributed by atoms with van der Waals surface area (Å²) in [5, 5.41) is 7.32. The number of nitrogens with zero attached hydrogens (tertiary/aromatic N) is 2. The lowest BCUT2D eigenvalue weighted by Gasteiger charge is -2.33. The Hall–Kier alpha value is -2.06. The minimum Gasteiger partial charge on any atom is -0.493 e. The lowest BCUT2D eigenvalue weighted by molar-refractivity contribution is -0.137. The second-order valence-electron chi connectivity index (χ2n) is 7.45. The Morgan fingerprint density at radius 3 is 2.89 bits per heavy atom. The number of morpholine rings is 1. The van der Waals surface area contributed by atoms with E-state index >= 15 is 0 Å². The Morgan fingerprint density at radius 1 is 1.32 bits per heavy atom. The van der Waals surface area contributed by atoms with Gasteiger partial charge in [0.25, 0.3) is 0 Å². The summed E-state index contributed by atoms with van der Waals surface area (Å²) in [7, 11) is 0. The van der Waals surface area contributed by atoms with E-state index in [0.29, 0.717) is 18.9 Å². The van der Waals surface area contributed by atoms with Gasteiger partial charge < -0.3 is 9.47 Å². The summed E-state index contributed by atoms with van der Waals surface area (Å²) in [5.41, 5.74) is 1.00. The molecule has 28 heavy (non-hydrogen) atoms. The maximum atomic E-state index is 12.7. The van der Waals surface area contributed by atoms with E-state index in [9.17, 15) is 13.2 Å². The van der Waals surface area contributed by atoms with Crippen molar-refractivity contribution in [2.45, 2.75) is 32.5 Å². The first kappa shape index (κ1) is 20.7. The lowest BCUT2D eigenvalue weighted by atomic mass is 10.1. The van der Waals surface area contributed by atoms with Crippen LogP contribution in [0.15, 0.2) is 30.3 Å². The predicted octanol–water partition coefficient (Wildman–Crippen LogP) is 4.08. The van der Waals surface area contributed by atoms with Gasteiger partial charge in [0.1, 0.15) is 11.9 Å².